The summed E-state index contributed by atoms with van der Waals surface area (Å²) in [6.45, 7) is 1.89. The summed E-state index contributed by atoms with van der Waals surface area (Å²) in [5, 5.41) is 9.24. The molecule has 1 amide bonds. The first-order valence-electron chi connectivity index (χ1n) is 16.4. The van der Waals surface area contributed by atoms with E-state index in [0.717, 1.165) is 58.8 Å². The van der Waals surface area contributed by atoms with Crippen molar-refractivity contribution in [3.05, 3.63) is 100 Å². The van der Waals surface area contributed by atoms with Crippen molar-refractivity contribution in [2.24, 2.45) is 0 Å². The second kappa shape index (κ2) is 12.0. The van der Waals surface area contributed by atoms with Crippen LogP contribution in [-0.2, 0) is 6.42 Å². The van der Waals surface area contributed by atoms with E-state index in [1.807, 2.05) is 60.8 Å². The minimum Gasteiger partial charge on any atom is -0.497 e. The van der Waals surface area contributed by atoms with Gasteiger partial charge in [-0.15, -0.1) is 0 Å². The SMILES string of the molecule is COc1ccc2[nH]cc(CCNc3c(F)cc4c(=O)c(C(=O)NCCC5CCCN5C)cn5c4c3Oc3cc4ccccc4cc3-5)c2c1. The van der Waals surface area contributed by atoms with Gasteiger partial charge in [0.05, 0.1) is 18.2 Å². The summed E-state index contributed by atoms with van der Waals surface area (Å²) in [6, 6.07) is 19.2. The van der Waals surface area contributed by atoms with Gasteiger partial charge in [-0.2, -0.15) is 0 Å². The molecule has 10 heteroatoms. The van der Waals surface area contributed by atoms with Crippen LogP contribution in [0.15, 0.2) is 77.9 Å². The third-order valence-corrected chi connectivity index (χ3v) is 9.84. The molecule has 48 heavy (non-hydrogen) atoms. The fourth-order valence-electron chi connectivity index (χ4n) is 7.23. The molecule has 0 bridgehead atoms. The van der Waals surface area contributed by atoms with Crippen LogP contribution in [0, 0.1) is 5.82 Å². The van der Waals surface area contributed by atoms with Gasteiger partial charge >= 0.3 is 0 Å². The number of aromatic nitrogens is 2. The number of hydrogen-bond donors (Lipinski definition) is 3. The number of anilines is 1. The van der Waals surface area contributed by atoms with Crippen LogP contribution in [0.4, 0.5) is 10.1 Å². The first-order valence-corrected chi connectivity index (χ1v) is 16.4. The lowest BCUT2D eigenvalue weighted by atomic mass is 10.0. The number of amides is 1. The number of aromatic amines is 1. The minimum absolute atomic E-state index is 0.0379. The molecule has 1 atom stereocenters. The number of hydrogen-bond acceptors (Lipinski definition) is 6. The number of likely N-dealkylation sites (tertiary alicyclic amines) is 1. The zero-order valence-electron chi connectivity index (χ0n) is 26.9. The van der Waals surface area contributed by atoms with Crippen LogP contribution in [-0.4, -0.2) is 60.2 Å². The highest BCUT2D eigenvalue weighted by Gasteiger charge is 2.29. The number of nitrogens with zero attached hydrogens (tertiary/aromatic N) is 2. The van der Waals surface area contributed by atoms with Crippen molar-refractivity contribution >= 4 is 44.2 Å². The molecule has 1 unspecified atom stereocenters. The largest absolute Gasteiger partial charge is 0.497 e. The maximum absolute atomic E-state index is 16.1. The van der Waals surface area contributed by atoms with E-state index < -0.39 is 17.2 Å². The predicted molar refractivity (Wildman–Crippen MR) is 187 cm³/mol. The molecule has 4 aromatic carbocycles. The number of benzene rings is 4. The maximum Gasteiger partial charge on any atom is 0.256 e. The van der Waals surface area contributed by atoms with Crippen LogP contribution in [0.2, 0.25) is 0 Å². The van der Waals surface area contributed by atoms with Crippen molar-refractivity contribution in [1.29, 1.82) is 0 Å². The zero-order valence-corrected chi connectivity index (χ0v) is 26.9. The number of carbonyl (C=O) groups excluding carboxylic acids is 1. The molecule has 2 aliphatic heterocycles. The Morgan fingerprint density at radius 1 is 1.08 bits per heavy atom. The van der Waals surface area contributed by atoms with Gasteiger partial charge in [-0.1, -0.05) is 24.3 Å². The lowest BCUT2D eigenvalue weighted by molar-refractivity contribution is 0.0949. The number of methoxy groups -OCH3 is 1. The average Bonchev–Trinajstić information content (AvgIpc) is 3.70. The second-order valence-electron chi connectivity index (χ2n) is 12.7. The average molecular weight is 646 g/mol. The van der Waals surface area contributed by atoms with Gasteiger partial charge in [0.25, 0.3) is 5.91 Å². The lowest BCUT2D eigenvalue weighted by Crippen LogP contribution is -2.34. The number of nitrogens with one attached hydrogen (secondary N) is 3. The van der Waals surface area contributed by atoms with E-state index >= 15 is 4.39 Å². The van der Waals surface area contributed by atoms with Gasteiger partial charge in [-0.25, -0.2) is 4.39 Å². The Hall–Kier alpha value is -5.35. The second-order valence-corrected chi connectivity index (χ2v) is 12.7. The smallest absolute Gasteiger partial charge is 0.256 e. The summed E-state index contributed by atoms with van der Waals surface area (Å²) in [4.78, 5) is 33.0. The fraction of sp³-hybridized carbons (Fsp3) is 0.263. The molecule has 1 saturated heterocycles. The molecule has 244 valence electrons. The monoisotopic (exact) mass is 645 g/mol. The normalized spacial score (nSPS) is 15.5. The molecule has 0 saturated carbocycles. The molecule has 0 spiro atoms. The van der Waals surface area contributed by atoms with Gasteiger partial charge in [0.1, 0.15) is 22.5 Å². The Morgan fingerprint density at radius 3 is 2.71 bits per heavy atom. The van der Waals surface area contributed by atoms with Crippen molar-refractivity contribution in [2.45, 2.75) is 31.7 Å². The zero-order chi connectivity index (χ0) is 32.9. The topological polar surface area (TPSA) is 101 Å². The van der Waals surface area contributed by atoms with Gasteiger partial charge in [0.2, 0.25) is 5.43 Å². The Labute approximate surface area is 276 Å². The molecular weight excluding hydrogens is 609 g/mol. The quantitative estimate of drug-likeness (QED) is 0.161. The Balaban J connectivity index is 1.17. The molecule has 2 aromatic heterocycles. The summed E-state index contributed by atoms with van der Waals surface area (Å²) in [5.74, 6) is 0.363. The Bertz CT molecular complexity index is 2290. The van der Waals surface area contributed by atoms with Gasteiger partial charge < -0.3 is 34.6 Å². The van der Waals surface area contributed by atoms with E-state index in [4.69, 9.17) is 9.47 Å². The summed E-state index contributed by atoms with van der Waals surface area (Å²) in [7, 11) is 3.73. The lowest BCUT2D eigenvalue weighted by Gasteiger charge is -2.27. The highest BCUT2D eigenvalue weighted by molar-refractivity contribution is 6.02. The van der Waals surface area contributed by atoms with Crippen LogP contribution in [0.1, 0.15) is 35.2 Å². The highest BCUT2D eigenvalue weighted by atomic mass is 19.1. The first kappa shape index (κ1) is 30.0. The van der Waals surface area contributed by atoms with Crippen molar-refractivity contribution in [1.82, 2.24) is 19.8 Å². The van der Waals surface area contributed by atoms with Crippen LogP contribution in [0.25, 0.3) is 38.3 Å². The molecule has 2 aliphatic rings. The highest BCUT2D eigenvalue weighted by Crippen LogP contribution is 2.46. The van der Waals surface area contributed by atoms with Crippen LogP contribution in [0.3, 0.4) is 0 Å². The van der Waals surface area contributed by atoms with E-state index in [-0.39, 0.29) is 22.4 Å². The molecule has 8 rings (SSSR count). The summed E-state index contributed by atoms with van der Waals surface area (Å²) in [6.07, 6.45) is 7.14. The summed E-state index contributed by atoms with van der Waals surface area (Å²) >= 11 is 0. The third kappa shape index (κ3) is 5.13. The Morgan fingerprint density at radius 2 is 1.92 bits per heavy atom. The van der Waals surface area contributed by atoms with E-state index in [9.17, 15) is 9.59 Å². The number of rotatable bonds is 9. The summed E-state index contributed by atoms with van der Waals surface area (Å²) < 4.78 is 29.7. The van der Waals surface area contributed by atoms with Crippen LogP contribution < -0.4 is 25.5 Å². The van der Waals surface area contributed by atoms with E-state index in [2.05, 4.69) is 27.6 Å². The minimum atomic E-state index is -0.632. The molecule has 6 aromatic rings. The van der Waals surface area contributed by atoms with Gasteiger partial charge in [0, 0.05) is 42.4 Å². The summed E-state index contributed by atoms with van der Waals surface area (Å²) in [5.41, 5.74) is 2.69. The van der Waals surface area contributed by atoms with Gasteiger partial charge in [-0.05, 0) is 92.0 Å². The van der Waals surface area contributed by atoms with Crippen LogP contribution >= 0.6 is 0 Å². The predicted octanol–water partition coefficient (Wildman–Crippen LogP) is 6.75. The van der Waals surface area contributed by atoms with Crippen LogP contribution in [0.5, 0.6) is 17.2 Å². The maximum atomic E-state index is 16.1. The third-order valence-electron chi connectivity index (χ3n) is 9.84. The number of H-pyrrole nitrogens is 1. The molecule has 0 aliphatic carbocycles. The fourth-order valence-corrected chi connectivity index (χ4v) is 7.23. The number of fused-ring (bicyclic) bond motifs is 4. The molecule has 9 nitrogen and oxygen atoms in total. The van der Waals surface area contributed by atoms with Crippen molar-refractivity contribution in [3.63, 3.8) is 0 Å². The van der Waals surface area contributed by atoms with Crippen molar-refractivity contribution in [2.75, 3.05) is 39.1 Å². The molecule has 4 heterocycles. The molecule has 3 N–H and O–H groups in total. The molecular formula is C38H36FN5O4. The van der Waals surface area contributed by atoms with Crippen molar-refractivity contribution in [3.8, 4) is 22.9 Å². The number of carbonyl (C=O) groups is 1. The molecule has 0 radical (unpaired) electrons. The van der Waals surface area contributed by atoms with Crippen molar-refractivity contribution < 1.29 is 18.7 Å². The Kier molecular flexibility index (Phi) is 7.52. The van der Waals surface area contributed by atoms with E-state index in [1.54, 1.807) is 17.9 Å². The standard InChI is InChI=1S/C38H36FN5O4/c1-43-15-5-8-25(43)12-14-41-38(46)29-21-44-32-16-22-6-3-4-7-23(22)17-33(32)48-37-34(30(39)19-28(35(37)44)36(29)45)40-13-11-24-20-42-31-10-9-26(47-2)18-27(24)31/h3-4,6-7,9-10,16-21,25,40,42H,5,8,11-15H2,1-2H3,(H,41,46). The number of ether oxygens (including phenoxy) is 2. The van der Waals surface area contributed by atoms with Gasteiger partial charge in [-0.3, -0.25) is 9.59 Å². The van der Waals surface area contributed by atoms with E-state index in [1.165, 1.54) is 6.07 Å². The van der Waals surface area contributed by atoms with Gasteiger partial charge in [0.15, 0.2) is 17.3 Å². The first-order chi connectivity index (χ1) is 23.4. The number of pyridine rings is 1. The molecule has 1 fully saturated rings. The van der Waals surface area contributed by atoms with E-state index in [0.29, 0.717) is 42.5 Å². The number of halogens is 1.